The van der Waals surface area contributed by atoms with E-state index in [-0.39, 0.29) is 5.91 Å². The number of aromatic nitrogens is 6. The van der Waals surface area contributed by atoms with E-state index in [1.165, 1.54) is 0 Å². The maximum Gasteiger partial charge on any atom is 0.239 e. The third-order valence-electron chi connectivity index (χ3n) is 8.41. The van der Waals surface area contributed by atoms with E-state index in [4.69, 9.17) is 30.4 Å². The predicted octanol–water partition coefficient (Wildman–Crippen LogP) is 0.845. The first-order valence-electron chi connectivity index (χ1n) is 13.8. The third kappa shape index (κ3) is 4.14. The van der Waals surface area contributed by atoms with Crippen LogP contribution in [0.4, 0.5) is 5.82 Å². The minimum Gasteiger partial charge on any atom is -0.378 e. The smallest absolute Gasteiger partial charge is 0.239 e. The number of rotatable bonds is 7. The number of aryl methyl sites for hydroxylation is 2. The lowest BCUT2D eigenvalue weighted by atomic mass is 10.2. The molecule has 3 aromatic heterocycles. The minimum atomic E-state index is -0.258. The molecule has 0 unspecified atom stereocenters. The first-order valence-corrected chi connectivity index (χ1v) is 13.8. The zero-order chi connectivity index (χ0) is 26.7. The van der Waals surface area contributed by atoms with Gasteiger partial charge in [-0.1, -0.05) is 19.1 Å². The van der Waals surface area contributed by atoms with Crippen molar-refractivity contribution in [3.05, 3.63) is 35.9 Å². The summed E-state index contributed by atoms with van der Waals surface area (Å²) in [6.07, 6.45) is 1.83. The molecule has 204 valence electrons. The van der Waals surface area contributed by atoms with Crippen LogP contribution in [0.15, 0.2) is 24.3 Å². The van der Waals surface area contributed by atoms with Crippen molar-refractivity contribution in [1.82, 2.24) is 38.9 Å². The topological polar surface area (TPSA) is 123 Å². The van der Waals surface area contributed by atoms with Gasteiger partial charge in [-0.3, -0.25) is 19.2 Å². The van der Waals surface area contributed by atoms with E-state index in [1.807, 2.05) is 25.2 Å². The number of carbonyl (C=O) groups is 1. The Bertz CT molecular complexity index is 1560. The number of ether oxygens (including phenoxy) is 1. The molecule has 39 heavy (non-hydrogen) atoms. The van der Waals surface area contributed by atoms with E-state index in [9.17, 15) is 4.79 Å². The number of nitrogens with two attached hydrogens (primary N) is 1. The number of anilines is 1. The number of para-hydroxylation sites is 2. The molecule has 2 N–H and O–H groups in total. The number of carbonyl (C=O) groups excluding carboxylic acids is 1. The van der Waals surface area contributed by atoms with Crippen LogP contribution in [0.3, 0.4) is 0 Å². The Morgan fingerprint density at radius 2 is 1.79 bits per heavy atom. The Kier molecular flexibility index (Phi) is 5.98. The van der Waals surface area contributed by atoms with E-state index in [1.54, 1.807) is 0 Å². The highest BCUT2D eigenvalue weighted by Crippen LogP contribution is 2.33. The Hall–Kier alpha value is -3.61. The van der Waals surface area contributed by atoms with Crippen LogP contribution in [0.1, 0.15) is 25.0 Å². The number of hydrogen-bond acceptors (Lipinski definition) is 9. The van der Waals surface area contributed by atoms with Gasteiger partial charge < -0.3 is 19.9 Å². The van der Waals surface area contributed by atoms with Crippen LogP contribution >= 0.6 is 0 Å². The summed E-state index contributed by atoms with van der Waals surface area (Å²) in [6.45, 7) is 7.79. The molecule has 3 aliphatic heterocycles. The lowest BCUT2D eigenvalue weighted by Crippen LogP contribution is -2.48. The number of fused-ring (bicyclic) bond motifs is 4. The molecule has 3 saturated heterocycles. The molecule has 12 heteroatoms. The minimum absolute atomic E-state index is 0.258. The molecule has 2 bridgehead atoms. The molecule has 0 radical (unpaired) electrons. The first-order chi connectivity index (χ1) is 19.0. The normalized spacial score (nSPS) is 22.1. The maximum absolute atomic E-state index is 11.5. The summed E-state index contributed by atoms with van der Waals surface area (Å²) in [5.41, 5.74) is 9.03. The molecule has 12 nitrogen and oxygen atoms in total. The van der Waals surface area contributed by atoms with Crippen molar-refractivity contribution in [2.45, 2.75) is 38.4 Å². The summed E-state index contributed by atoms with van der Waals surface area (Å²) < 4.78 is 9.84. The molecule has 1 amide bonds. The number of amides is 1. The van der Waals surface area contributed by atoms with Gasteiger partial charge in [0.25, 0.3) is 0 Å². The summed E-state index contributed by atoms with van der Waals surface area (Å²) in [7, 11) is 2.05. The molecule has 2 atom stereocenters. The van der Waals surface area contributed by atoms with Gasteiger partial charge in [0.1, 0.15) is 11.6 Å². The highest BCUT2D eigenvalue weighted by molar-refractivity contribution is 5.86. The fourth-order valence-electron chi connectivity index (χ4n) is 6.45. The molecule has 3 fully saturated rings. The van der Waals surface area contributed by atoms with Crippen molar-refractivity contribution in [2.24, 2.45) is 12.8 Å². The molecule has 0 aliphatic carbocycles. The predicted molar refractivity (Wildman–Crippen MR) is 147 cm³/mol. The van der Waals surface area contributed by atoms with Crippen molar-refractivity contribution in [1.29, 1.82) is 0 Å². The second kappa shape index (κ2) is 9.54. The van der Waals surface area contributed by atoms with E-state index in [0.29, 0.717) is 37.8 Å². The maximum atomic E-state index is 11.5. The number of imidazole rings is 2. The summed E-state index contributed by atoms with van der Waals surface area (Å²) >= 11 is 0. The number of nitrogens with zero attached hydrogens (tertiary/aromatic N) is 9. The highest BCUT2D eigenvalue weighted by atomic mass is 16.5. The fourth-order valence-corrected chi connectivity index (χ4v) is 6.45. The highest BCUT2D eigenvalue weighted by Gasteiger charge is 2.43. The number of morpholine rings is 1. The number of benzene rings is 1. The van der Waals surface area contributed by atoms with Gasteiger partial charge in [-0.15, -0.1) is 0 Å². The van der Waals surface area contributed by atoms with Gasteiger partial charge >= 0.3 is 0 Å². The van der Waals surface area contributed by atoms with Crippen LogP contribution in [0.2, 0.25) is 0 Å². The summed E-state index contributed by atoms with van der Waals surface area (Å²) in [5.74, 6) is 3.10. The van der Waals surface area contributed by atoms with Crippen LogP contribution in [0, 0.1) is 0 Å². The largest absolute Gasteiger partial charge is 0.378 e. The third-order valence-corrected chi connectivity index (χ3v) is 8.41. The fraction of sp³-hybridized carbons (Fsp3) is 0.519. The summed E-state index contributed by atoms with van der Waals surface area (Å²) in [6, 6.07) is 8.91. The second-order valence-corrected chi connectivity index (χ2v) is 10.8. The molecule has 7 rings (SSSR count). The quantitative estimate of drug-likeness (QED) is 0.370. The zero-order valence-corrected chi connectivity index (χ0v) is 22.5. The van der Waals surface area contributed by atoms with E-state index in [0.717, 1.165) is 85.2 Å². The average molecular weight is 531 g/mol. The molecule has 3 aliphatic rings. The van der Waals surface area contributed by atoms with Crippen molar-refractivity contribution >= 4 is 33.9 Å². The van der Waals surface area contributed by atoms with Gasteiger partial charge in [-0.2, -0.15) is 9.97 Å². The molecule has 6 heterocycles. The molecular formula is C27H34N10O2. The Morgan fingerprint density at radius 1 is 1.03 bits per heavy atom. The first kappa shape index (κ1) is 24.4. The zero-order valence-electron chi connectivity index (χ0n) is 22.5. The van der Waals surface area contributed by atoms with E-state index >= 15 is 0 Å². The van der Waals surface area contributed by atoms with Crippen molar-refractivity contribution in [3.8, 4) is 5.95 Å². The van der Waals surface area contributed by atoms with Gasteiger partial charge in [0.05, 0.1) is 37.3 Å². The van der Waals surface area contributed by atoms with Gasteiger partial charge in [0.15, 0.2) is 17.0 Å². The standard InChI is InChI=1S/C27H34N10O2/c1-3-22-29-19-6-4-5-7-20(19)37(22)27-31-25-24(26(32-27)34-8-10-39-11-9-34)30-23(33(25)2)16-36-14-17-12-18(36)13-35(17)15-21(28)38/h4-7,17-18H,3,8-16H2,1-2H3,(H2,28,38)/t17-,18-/m0/s1. The number of hydrogen-bond donors (Lipinski definition) is 1. The van der Waals surface area contributed by atoms with Gasteiger partial charge in [0.2, 0.25) is 11.9 Å². The molecule has 0 spiro atoms. The van der Waals surface area contributed by atoms with Crippen LogP contribution in [0.5, 0.6) is 0 Å². The van der Waals surface area contributed by atoms with Crippen molar-refractivity contribution < 1.29 is 9.53 Å². The summed E-state index contributed by atoms with van der Waals surface area (Å²) in [4.78, 5) is 38.6. The monoisotopic (exact) mass is 530 g/mol. The van der Waals surface area contributed by atoms with Crippen molar-refractivity contribution in [2.75, 3.05) is 50.8 Å². The molecule has 4 aromatic rings. The van der Waals surface area contributed by atoms with Gasteiger partial charge in [0, 0.05) is 51.7 Å². The lowest BCUT2D eigenvalue weighted by Gasteiger charge is -2.33. The van der Waals surface area contributed by atoms with E-state index in [2.05, 4.69) is 36.8 Å². The Balaban J connectivity index is 1.29. The number of likely N-dealkylation sites (tertiary alicyclic amines) is 2. The van der Waals surface area contributed by atoms with E-state index < -0.39 is 0 Å². The number of primary amides is 1. The lowest BCUT2D eigenvalue weighted by molar-refractivity contribution is -0.119. The Morgan fingerprint density at radius 3 is 2.54 bits per heavy atom. The van der Waals surface area contributed by atoms with Gasteiger partial charge in [-0.05, 0) is 18.6 Å². The van der Waals surface area contributed by atoms with Crippen LogP contribution < -0.4 is 10.6 Å². The number of piperazine rings is 1. The van der Waals surface area contributed by atoms with Crippen LogP contribution in [-0.4, -0.2) is 103 Å². The van der Waals surface area contributed by atoms with Crippen molar-refractivity contribution in [3.63, 3.8) is 0 Å². The summed E-state index contributed by atoms with van der Waals surface area (Å²) in [5, 5.41) is 0. The molecule has 1 aromatic carbocycles. The molecular weight excluding hydrogens is 496 g/mol. The SMILES string of the molecule is CCc1nc2ccccc2n1-c1nc(N2CCOCC2)c2nc(CN3C[C@@H]4C[C@H]3CN4CC(N)=O)n(C)c2n1. The Labute approximate surface area is 226 Å². The second-order valence-electron chi connectivity index (χ2n) is 10.8. The van der Waals surface area contributed by atoms with Crippen LogP contribution in [0.25, 0.3) is 28.1 Å². The van der Waals surface area contributed by atoms with Crippen LogP contribution in [-0.2, 0) is 29.5 Å². The van der Waals surface area contributed by atoms with Gasteiger partial charge in [-0.25, -0.2) is 9.97 Å². The average Bonchev–Trinajstić information content (AvgIpc) is 3.70. The molecule has 0 saturated carbocycles.